The second-order valence-electron chi connectivity index (χ2n) is 8.50. The fourth-order valence-electron chi connectivity index (χ4n) is 4.87. The van der Waals surface area contributed by atoms with Crippen LogP contribution in [0.5, 0.6) is 5.75 Å². The largest absolute Gasteiger partial charge is 0.497 e. The molecule has 2 aliphatic carbocycles. The molecule has 7 nitrogen and oxygen atoms in total. The summed E-state index contributed by atoms with van der Waals surface area (Å²) in [5.74, 6) is -1.14. The average molecular weight is 422 g/mol. The van der Waals surface area contributed by atoms with Gasteiger partial charge in [0.1, 0.15) is 18.5 Å². The normalized spacial score (nSPS) is 22.5. The van der Waals surface area contributed by atoms with Crippen molar-refractivity contribution in [3.8, 4) is 5.75 Å². The molecule has 0 radical (unpaired) electrons. The summed E-state index contributed by atoms with van der Waals surface area (Å²) < 4.78 is 22.7. The highest BCUT2D eigenvalue weighted by molar-refractivity contribution is 6.29. The van der Waals surface area contributed by atoms with Crippen LogP contribution in [0.25, 0.3) is 0 Å². The van der Waals surface area contributed by atoms with Crippen LogP contribution in [0.15, 0.2) is 24.3 Å². The van der Waals surface area contributed by atoms with Crippen molar-refractivity contribution in [3.63, 3.8) is 0 Å². The molecular weight excluding hydrogens is 400 g/mol. The summed E-state index contributed by atoms with van der Waals surface area (Å²) >= 11 is 0. The van der Waals surface area contributed by atoms with Crippen molar-refractivity contribution in [2.75, 3.05) is 7.11 Å². The summed E-state index contributed by atoms with van der Waals surface area (Å²) in [5.41, 5.74) is 3.54. The van der Waals surface area contributed by atoms with Crippen LogP contribution in [0.1, 0.15) is 75.4 Å². The number of esters is 1. The van der Waals surface area contributed by atoms with Crippen molar-refractivity contribution in [3.05, 3.63) is 63.2 Å². The van der Waals surface area contributed by atoms with Crippen LogP contribution in [0.4, 0.5) is 0 Å². The number of fused-ring (bicyclic) bond motifs is 6. The van der Waals surface area contributed by atoms with Gasteiger partial charge in [0.2, 0.25) is 0 Å². The molecule has 2 atom stereocenters. The number of hydrogen-bond donors (Lipinski definition) is 0. The maximum absolute atomic E-state index is 13.5. The molecule has 1 heterocycles. The molecule has 5 rings (SSSR count). The highest BCUT2D eigenvalue weighted by Crippen LogP contribution is 2.50. The zero-order valence-corrected chi connectivity index (χ0v) is 17.7. The Balaban J connectivity index is 1.70. The van der Waals surface area contributed by atoms with Gasteiger partial charge < -0.3 is 18.9 Å². The number of carbonyl (C=O) groups is 3. The van der Waals surface area contributed by atoms with Crippen LogP contribution in [-0.2, 0) is 32.0 Å². The molecule has 0 N–H and O–H groups in total. The van der Waals surface area contributed by atoms with Crippen molar-refractivity contribution in [1.82, 2.24) is 0 Å². The minimum absolute atomic E-state index is 0.00506. The Morgan fingerprint density at radius 1 is 1.10 bits per heavy atom. The summed E-state index contributed by atoms with van der Waals surface area (Å²) in [5, 5.41) is 0. The molecule has 0 amide bonds. The van der Waals surface area contributed by atoms with Crippen LogP contribution >= 0.6 is 0 Å². The van der Waals surface area contributed by atoms with Gasteiger partial charge in [-0.05, 0) is 54.8 Å². The Morgan fingerprint density at radius 2 is 1.87 bits per heavy atom. The second-order valence-corrected chi connectivity index (χ2v) is 8.50. The van der Waals surface area contributed by atoms with Crippen molar-refractivity contribution in [2.45, 2.75) is 51.8 Å². The third-order valence-electron chi connectivity index (χ3n) is 6.05. The Hall–Kier alpha value is -3.03. The Morgan fingerprint density at radius 3 is 2.58 bits per heavy atom. The van der Waals surface area contributed by atoms with Crippen LogP contribution in [0.3, 0.4) is 0 Å². The van der Waals surface area contributed by atoms with E-state index in [9.17, 15) is 14.4 Å². The lowest BCUT2D eigenvalue weighted by Crippen LogP contribution is -2.26. The molecule has 1 fully saturated rings. The third kappa shape index (κ3) is 2.99. The zero-order chi connectivity index (χ0) is 22.1. The minimum atomic E-state index is -0.762. The van der Waals surface area contributed by atoms with Gasteiger partial charge in [-0.3, -0.25) is 14.4 Å². The van der Waals surface area contributed by atoms with E-state index in [0.717, 1.165) is 11.1 Å². The van der Waals surface area contributed by atoms with Gasteiger partial charge in [-0.15, -0.1) is 0 Å². The molecule has 0 spiro atoms. The number of methoxy groups -OCH3 is 1. The molecular formula is C24H22O7. The molecule has 0 saturated carbocycles. The molecule has 3 aliphatic rings. The van der Waals surface area contributed by atoms with E-state index in [0.29, 0.717) is 40.0 Å². The van der Waals surface area contributed by atoms with Gasteiger partial charge in [0.25, 0.3) is 0 Å². The van der Waals surface area contributed by atoms with E-state index < -0.39 is 17.9 Å². The lowest BCUT2D eigenvalue weighted by Gasteiger charge is -2.25. The summed E-state index contributed by atoms with van der Waals surface area (Å²) in [4.78, 5) is 38.3. The van der Waals surface area contributed by atoms with Gasteiger partial charge in [0.05, 0.1) is 13.2 Å². The van der Waals surface area contributed by atoms with E-state index >= 15 is 0 Å². The maximum atomic E-state index is 13.5. The summed E-state index contributed by atoms with van der Waals surface area (Å²) in [6.45, 7) is 5.01. The standard InChI is InChI=1S/C24H22O7/c1-11(25)29-10-12-7-17-20(16-9-18-23(19(12)16)31-24(2,3)30-18)22(27)15-8-13(28-4)5-6-14(15)21(17)26/h5-8,18,23H,9-10H2,1-4H3. The number of carbonyl (C=O) groups excluding carboxylic acids is 3. The molecule has 7 heteroatoms. The van der Waals surface area contributed by atoms with Crippen molar-refractivity contribution in [2.24, 2.45) is 0 Å². The molecule has 2 aromatic rings. The first-order valence-corrected chi connectivity index (χ1v) is 10.1. The average Bonchev–Trinajstić information content (AvgIpc) is 3.21. The third-order valence-corrected chi connectivity index (χ3v) is 6.05. The van der Waals surface area contributed by atoms with E-state index in [1.54, 1.807) is 24.3 Å². The van der Waals surface area contributed by atoms with Crippen molar-refractivity contribution < 1.29 is 33.3 Å². The number of benzene rings is 2. The van der Waals surface area contributed by atoms with Gasteiger partial charge in [0, 0.05) is 35.6 Å². The predicted octanol–water partition coefficient (Wildman–Crippen LogP) is 3.28. The molecule has 0 aromatic heterocycles. The molecule has 1 aliphatic heterocycles. The first-order chi connectivity index (χ1) is 14.7. The minimum Gasteiger partial charge on any atom is -0.497 e. The number of ketones is 2. The fourth-order valence-corrected chi connectivity index (χ4v) is 4.87. The highest BCUT2D eigenvalue weighted by Gasteiger charge is 2.50. The summed E-state index contributed by atoms with van der Waals surface area (Å²) in [7, 11) is 1.52. The van der Waals surface area contributed by atoms with Crippen LogP contribution in [0, 0.1) is 0 Å². The molecule has 1 saturated heterocycles. The molecule has 160 valence electrons. The van der Waals surface area contributed by atoms with Crippen LogP contribution in [-0.4, -0.2) is 36.5 Å². The first kappa shape index (κ1) is 19.9. The monoisotopic (exact) mass is 422 g/mol. The number of rotatable bonds is 3. The maximum Gasteiger partial charge on any atom is 0.302 e. The molecule has 2 unspecified atom stereocenters. The zero-order valence-electron chi connectivity index (χ0n) is 17.7. The van der Waals surface area contributed by atoms with Gasteiger partial charge in [-0.2, -0.15) is 0 Å². The van der Waals surface area contributed by atoms with Crippen molar-refractivity contribution in [1.29, 1.82) is 0 Å². The summed E-state index contributed by atoms with van der Waals surface area (Å²) in [6.07, 6.45) is -0.226. The second kappa shape index (κ2) is 6.73. The Bertz CT molecular complexity index is 1160. The van der Waals surface area contributed by atoms with E-state index in [-0.39, 0.29) is 24.3 Å². The van der Waals surface area contributed by atoms with Crippen molar-refractivity contribution >= 4 is 17.5 Å². The SMILES string of the molecule is COc1ccc2c(c1)C(=O)c1c(cc(COC(C)=O)c3c1CC1OC(C)(C)OC31)C2=O. The van der Waals surface area contributed by atoms with Crippen LogP contribution < -0.4 is 4.74 Å². The summed E-state index contributed by atoms with van der Waals surface area (Å²) in [6, 6.07) is 6.54. The quantitative estimate of drug-likeness (QED) is 0.599. The van der Waals surface area contributed by atoms with E-state index in [4.69, 9.17) is 18.9 Å². The van der Waals surface area contributed by atoms with Gasteiger partial charge >= 0.3 is 5.97 Å². The number of hydrogen-bond acceptors (Lipinski definition) is 7. The number of ether oxygens (including phenoxy) is 4. The Labute approximate surface area is 179 Å². The van der Waals surface area contributed by atoms with Crippen LogP contribution in [0.2, 0.25) is 0 Å². The smallest absolute Gasteiger partial charge is 0.302 e. The van der Waals surface area contributed by atoms with E-state index in [1.807, 2.05) is 13.8 Å². The molecule has 2 aromatic carbocycles. The van der Waals surface area contributed by atoms with Gasteiger partial charge in [0.15, 0.2) is 17.4 Å². The topological polar surface area (TPSA) is 88.1 Å². The van der Waals surface area contributed by atoms with E-state index in [1.165, 1.54) is 14.0 Å². The first-order valence-electron chi connectivity index (χ1n) is 10.1. The lowest BCUT2D eigenvalue weighted by atomic mass is 9.79. The highest BCUT2D eigenvalue weighted by atomic mass is 16.8. The van der Waals surface area contributed by atoms with Gasteiger partial charge in [-0.1, -0.05) is 0 Å². The van der Waals surface area contributed by atoms with E-state index in [2.05, 4.69) is 0 Å². The Kier molecular flexibility index (Phi) is 4.32. The predicted molar refractivity (Wildman–Crippen MR) is 108 cm³/mol. The lowest BCUT2D eigenvalue weighted by molar-refractivity contribution is -0.149. The van der Waals surface area contributed by atoms with Gasteiger partial charge in [-0.25, -0.2) is 0 Å². The fraction of sp³-hybridized carbons (Fsp3) is 0.375. The molecule has 0 bridgehead atoms. The molecule has 31 heavy (non-hydrogen) atoms.